The van der Waals surface area contributed by atoms with E-state index < -0.39 is 0 Å². The lowest BCUT2D eigenvalue weighted by Gasteiger charge is -2.03. The van der Waals surface area contributed by atoms with Gasteiger partial charge in [0.2, 0.25) is 5.91 Å². The molecule has 0 aliphatic rings. The highest BCUT2D eigenvalue weighted by atomic mass is 32.2. The molecule has 0 saturated heterocycles. The number of carbonyl (C=O) groups excluding carboxylic acids is 1. The number of hydrogen-bond donors (Lipinski definition) is 1. The fraction of sp³-hybridized carbons (Fsp3) is 0.111. The van der Waals surface area contributed by atoms with Crippen molar-refractivity contribution in [3.8, 4) is 0 Å². The van der Waals surface area contributed by atoms with E-state index in [0.29, 0.717) is 6.54 Å². The van der Waals surface area contributed by atoms with Crippen LogP contribution in [-0.2, 0) is 11.3 Å². The Hall–Kier alpha value is -2.11. The number of thiazole rings is 1. The van der Waals surface area contributed by atoms with Crippen LogP contribution in [0.4, 0.5) is 0 Å². The molecule has 1 N–H and O–H groups in total. The molecule has 0 unspecified atom stereocenters. The van der Waals surface area contributed by atoms with E-state index >= 15 is 0 Å². The monoisotopic (exact) mass is 340 g/mol. The van der Waals surface area contributed by atoms with Gasteiger partial charge in [-0.2, -0.15) is 0 Å². The predicted octanol–water partition coefficient (Wildman–Crippen LogP) is 4.35. The lowest BCUT2D eigenvalue weighted by atomic mass is 10.2. The number of fused-ring (bicyclic) bond motifs is 1. The van der Waals surface area contributed by atoms with Gasteiger partial charge in [-0.15, -0.1) is 23.1 Å². The summed E-state index contributed by atoms with van der Waals surface area (Å²) in [5.74, 6) is -0.113. The minimum atomic E-state index is -0.113. The maximum atomic E-state index is 11.9. The number of nitrogens with zero attached hydrogens (tertiary/aromatic N) is 1. The summed E-state index contributed by atoms with van der Waals surface area (Å²) in [5.41, 5.74) is 2.05. The van der Waals surface area contributed by atoms with Crippen molar-refractivity contribution in [1.82, 2.24) is 10.3 Å². The Morgan fingerprint density at radius 2 is 2.00 bits per heavy atom. The van der Waals surface area contributed by atoms with Gasteiger partial charge in [0.25, 0.3) is 0 Å². The highest BCUT2D eigenvalue weighted by Crippen LogP contribution is 2.22. The molecule has 0 aliphatic heterocycles. The number of aromatic nitrogens is 1. The van der Waals surface area contributed by atoms with Crippen molar-refractivity contribution >= 4 is 45.3 Å². The fourth-order valence-corrected chi connectivity index (χ4v) is 3.38. The largest absolute Gasteiger partial charge is 0.348 e. The molecule has 0 saturated carbocycles. The maximum Gasteiger partial charge on any atom is 0.244 e. The van der Waals surface area contributed by atoms with E-state index in [0.717, 1.165) is 20.8 Å². The minimum absolute atomic E-state index is 0.113. The van der Waals surface area contributed by atoms with Gasteiger partial charge in [-0.25, -0.2) is 4.98 Å². The molecule has 3 nitrogen and oxygen atoms in total. The van der Waals surface area contributed by atoms with Gasteiger partial charge in [0.1, 0.15) is 5.01 Å². The molecule has 0 aliphatic carbocycles. The van der Waals surface area contributed by atoms with Crippen molar-refractivity contribution in [2.75, 3.05) is 6.26 Å². The van der Waals surface area contributed by atoms with Gasteiger partial charge in [0, 0.05) is 17.5 Å². The molecule has 0 fully saturated rings. The minimum Gasteiger partial charge on any atom is -0.348 e. The van der Waals surface area contributed by atoms with Crippen molar-refractivity contribution < 1.29 is 4.79 Å². The molecule has 0 bridgehead atoms. The van der Waals surface area contributed by atoms with Gasteiger partial charge < -0.3 is 5.32 Å². The third-order valence-electron chi connectivity index (χ3n) is 3.31. The van der Waals surface area contributed by atoms with Gasteiger partial charge in [-0.1, -0.05) is 24.3 Å². The Kier molecular flexibility index (Phi) is 5.10. The summed E-state index contributed by atoms with van der Waals surface area (Å²) in [4.78, 5) is 17.6. The van der Waals surface area contributed by atoms with E-state index in [9.17, 15) is 4.79 Å². The lowest BCUT2D eigenvalue weighted by molar-refractivity contribution is -0.116. The van der Waals surface area contributed by atoms with Crippen LogP contribution >= 0.6 is 23.1 Å². The topological polar surface area (TPSA) is 42.0 Å². The third-order valence-corrected chi connectivity index (χ3v) is 5.06. The number of nitrogens with one attached hydrogen (secondary N) is 1. The fourth-order valence-electron chi connectivity index (χ4n) is 2.10. The number of thioether (sulfide) groups is 1. The highest BCUT2D eigenvalue weighted by Gasteiger charge is 2.01. The molecule has 1 amide bonds. The van der Waals surface area contributed by atoms with Crippen LogP contribution in [0, 0.1) is 0 Å². The van der Waals surface area contributed by atoms with Gasteiger partial charge in [-0.05, 0) is 42.2 Å². The number of para-hydroxylation sites is 1. The van der Waals surface area contributed by atoms with Crippen molar-refractivity contribution in [2.45, 2.75) is 11.4 Å². The van der Waals surface area contributed by atoms with Crippen LogP contribution in [0.2, 0.25) is 0 Å². The first-order valence-electron chi connectivity index (χ1n) is 7.19. The van der Waals surface area contributed by atoms with E-state index in [4.69, 9.17) is 0 Å². The number of hydrogen-bond acceptors (Lipinski definition) is 4. The number of carbonyl (C=O) groups is 1. The summed E-state index contributed by atoms with van der Waals surface area (Å²) in [6.45, 7) is 0.525. The standard InChI is InChI=1S/C18H16N2OS2/c1-22-14-8-6-13(7-9-14)12-19-17(21)10-11-18-20-15-4-2-3-5-16(15)23-18/h2-11H,12H2,1H3,(H,19,21)/b11-10+. The third kappa shape index (κ3) is 4.21. The Morgan fingerprint density at radius 3 is 2.74 bits per heavy atom. The molecule has 2 aromatic carbocycles. The summed E-state index contributed by atoms with van der Waals surface area (Å²) in [6.07, 6.45) is 5.34. The van der Waals surface area contributed by atoms with Crippen LogP contribution in [-0.4, -0.2) is 17.1 Å². The molecule has 0 spiro atoms. The lowest BCUT2D eigenvalue weighted by Crippen LogP contribution is -2.20. The van der Waals surface area contributed by atoms with Crippen LogP contribution in [0.25, 0.3) is 16.3 Å². The number of benzene rings is 2. The smallest absolute Gasteiger partial charge is 0.244 e. The average molecular weight is 340 g/mol. The first-order chi connectivity index (χ1) is 11.2. The Bertz CT molecular complexity index is 805. The molecule has 1 aromatic heterocycles. The molecule has 0 atom stereocenters. The molecule has 23 heavy (non-hydrogen) atoms. The summed E-state index contributed by atoms with van der Waals surface area (Å²) in [7, 11) is 0. The zero-order valence-electron chi connectivity index (χ0n) is 12.7. The molecule has 116 valence electrons. The van der Waals surface area contributed by atoms with Gasteiger partial charge in [0.15, 0.2) is 0 Å². The van der Waals surface area contributed by atoms with E-state index in [-0.39, 0.29) is 5.91 Å². The highest BCUT2D eigenvalue weighted by molar-refractivity contribution is 7.98. The van der Waals surface area contributed by atoms with Crippen LogP contribution in [0.5, 0.6) is 0 Å². The molecule has 5 heteroatoms. The van der Waals surface area contributed by atoms with Crippen molar-refractivity contribution in [1.29, 1.82) is 0 Å². The molecule has 1 heterocycles. The molecular formula is C18H16N2OS2. The first kappa shape index (κ1) is 15.8. The summed E-state index contributed by atoms with van der Waals surface area (Å²) >= 11 is 3.28. The van der Waals surface area contributed by atoms with E-state index in [1.165, 1.54) is 11.0 Å². The van der Waals surface area contributed by atoms with Crippen molar-refractivity contribution in [3.63, 3.8) is 0 Å². The zero-order chi connectivity index (χ0) is 16.1. The average Bonchev–Trinajstić information content (AvgIpc) is 3.01. The van der Waals surface area contributed by atoms with E-state index in [1.807, 2.05) is 42.7 Å². The Morgan fingerprint density at radius 1 is 1.22 bits per heavy atom. The normalized spacial score (nSPS) is 11.2. The van der Waals surface area contributed by atoms with E-state index in [1.54, 1.807) is 29.2 Å². The van der Waals surface area contributed by atoms with Crippen molar-refractivity contribution in [2.24, 2.45) is 0 Å². The van der Waals surface area contributed by atoms with Crippen LogP contribution in [0.1, 0.15) is 10.6 Å². The van der Waals surface area contributed by atoms with Crippen molar-refractivity contribution in [3.05, 3.63) is 65.2 Å². The van der Waals surface area contributed by atoms with Gasteiger partial charge in [-0.3, -0.25) is 4.79 Å². The number of amides is 1. The number of rotatable bonds is 5. The second-order valence-corrected chi connectivity index (χ2v) is 6.86. The second-order valence-electron chi connectivity index (χ2n) is 4.92. The maximum absolute atomic E-state index is 11.9. The Balaban J connectivity index is 1.57. The van der Waals surface area contributed by atoms with E-state index in [2.05, 4.69) is 22.4 Å². The summed E-state index contributed by atoms with van der Waals surface area (Å²) < 4.78 is 1.13. The van der Waals surface area contributed by atoms with Gasteiger partial charge >= 0.3 is 0 Å². The quantitative estimate of drug-likeness (QED) is 0.555. The Labute approximate surface area is 143 Å². The first-order valence-corrected chi connectivity index (χ1v) is 9.23. The summed E-state index contributed by atoms with van der Waals surface area (Å²) in [6, 6.07) is 16.1. The zero-order valence-corrected chi connectivity index (χ0v) is 14.3. The molecule has 0 radical (unpaired) electrons. The second kappa shape index (κ2) is 7.44. The van der Waals surface area contributed by atoms with Crippen LogP contribution in [0.3, 0.4) is 0 Å². The SMILES string of the molecule is CSc1ccc(CNC(=O)/C=C/c2nc3ccccc3s2)cc1. The molecular weight excluding hydrogens is 324 g/mol. The summed E-state index contributed by atoms with van der Waals surface area (Å²) in [5, 5.41) is 3.72. The van der Waals surface area contributed by atoms with Crippen LogP contribution in [0.15, 0.2) is 59.5 Å². The molecule has 3 rings (SSSR count). The predicted molar refractivity (Wildman–Crippen MR) is 98.7 cm³/mol. The van der Waals surface area contributed by atoms with Crippen LogP contribution < -0.4 is 5.32 Å². The molecule has 3 aromatic rings. The van der Waals surface area contributed by atoms with Gasteiger partial charge in [0.05, 0.1) is 10.2 Å².